The van der Waals surface area contributed by atoms with Crippen LogP contribution < -0.4 is 9.47 Å². The van der Waals surface area contributed by atoms with Crippen LogP contribution in [0.15, 0.2) is 48.5 Å². The Morgan fingerprint density at radius 2 is 1.00 bits per heavy atom. The van der Waals surface area contributed by atoms with Crippen LogP contribution in [0.2, 0.25) is 0 Å². The third-order valence-electron chi connectivity index (χ3n) is 6.31. The van der Waals surface area contributed by atoms with Crippen molar-refractivity contribution in [3.63, 3.8) is 0 Å². The summed E-state index contributed by atoms with van der Waals surface area (Å²) in [5.41, 5.74) is 2.61. The summed E-state index contributed by atoms with van der Waals surface area (Å²) in [7, 11) is 0. The first-order valence-electron chi connectivity index (χ1n) is 15.0. The Kier molecular flexibility index (Phi) is 36.6. The zero-order chi connectivity index (χ0) is 28.8. The fraction of sp³-hybridized carbons (Fsp3) is 0.632. The van der Waals surface area contributed by atoms with Crippen molar-refractivity contribution in [1.29, 1.82) is 0 Å². The molecule has 1 aliphatic rings. The maximum absolute atomic E-state index is 12.1. The molecule has 4 heteroatoms. The number of carbonyl (C=O) groups is 2. The molecule has 0 N–H and O–H groups in total. The van der Waals surface area contributed by atoms with Crippen molar-refractivity contribution in [2.24, 2.45) is 11.8 Å². The zero-order valence-electron chi connectivity index (χ0n) is 25.5. The molecule has 4 nitrogen and oxygen atoms in total. The number of rotatable bonds is 9. The first-order valence-corrected chi connectivity index (χ1v) is 15.0. The monoisotopic (exact) mass is 591 g/mol. The van der Waals surface area contributed by atoms with Crippen LogP contribution in [0.4, 0.5) is 0 Å². The third-order valence-corrected chi connectivity index (χ3v) is 6.31. The molecule has 2 aromatic rings. The van der Waals surface area contributed by atoms with Crippen molar-refractivity contribution in [2.75, 3.05) is 0 Å². The van der Waals surface area contributed by atoms with Crippen LogP contribution in [-0.2, 0) is 22.4 Å². The van der Waals surface area contributed by atoms with Crippen LogP contribution in [0.1, 0.15) is 148 Å². The van der Waals surface area contributed by atoms with Gasteiger partial charge in [0.1, 0.15) is 11.5 Å². The molecule has 0 heterocycles. The van der Waals surface area contributed by atoms with Crippen LogP contribution in [0.3, 0.4) is 0 Å². The summed E-state index contributed by atoms with van der Waals surface area (Å²) in [5.74, 6) is 1.86. The minimum absolute atomic E-state index is 0. The fourth-order valence-electron chi connectivity index (χ4n) is 4.07. The molecule has 1 fully saturated rings. The van der Waals surface area contributed by atoms with Crippen molar-refractivity contribution >= 4 is 11.9 Å². The summed E-state index contributed by atoms with van der Waals surface area (Å²) < 4.78 is 10.4. The van der Waals surface area contributed by atoms with Gasteiger partial charge in [-0.1, -0.05) is 115 Å². The minimum Gasteiger partial charge on any atom is -0.427 e. The summed E-state index contributed by atoms with van der Waals surface area (Å²) >= 11 is 0. The maximum atomic E-state index is 12.1. The number of hydrogen-bond donors (Lipinski definition) is 0. The molecule has 0 radical (unpaired) electrons. The molecular weight excluding hydrogens is 520 g/mol. The molecular formula is C38H70O4. The van der Waals surface area contributed by atoms with E-state index in [4.69, 9.17) is 9.47 Å². The summed E-state index contributed by atoms with van der Waals surface area (Å²) in [6, 6.07) is 15.7. The number of carbonyl (C=O) groups excluding carboxylic acids is 2. The average Bonchev–Trinajstić information content (AvgIpc) is 2.95. The highest BCUT2D eigenvalue weighted by molar-refractivity contribution is 5.75. The molecule has 0 unspecified atom stereocenters. The minimum atomic E-state index is -0.272. The van der Waals surface area contributed by atoms with Crippen LogP contribution in [-0.4, -0.2) is 11.9 Å². The molecule has 0 bridgehead atoms. The Morgan fingerprint density at radius 3 is 1.33 bits per heavy atom. The Morgan fingerprint density at radius 1 is 0.643 bits per heavy atom. The molecule has 246 valence electrons. The molecule has 0 saturated heterocycles. The lowest BCUT2D eigenvalue weighted by Gasteiger charge is -2.24. The summed E-state index contributed by atoms with van der Waals surface area (Å²) in [6.07, 6.45) is 11.3. The first kappa shape index (κ1) is 49.1. The number of esters is 2. The number of benzene rings is 2. The van der Waals surface area contributed by atoms with E-state index in [1.165, 1.54) is 43.7 Å². The van der Waals surface area contributed by atoms with Gasteiger partial charge in [0.15, 0.2) is 0 Å². The molecule has 0 aromatic heterocycles. The summed E-state index contributed by atoms with van der Waals surface area (Å²) in [4.78, 5) is 22.8. The molecule has 0 amide bonds. The van der Waals surface area contributed by atoms with Crippen molar-refractivity contribution < 1.29 is 19.1 Å². The van der Waals surface area contributed by atoms with Crippen LogP contribution in [0.5, 0.6) is 11.5 Å². The van der Waals surface area contributed by atoms with E-state index in [0.29, 0.717) is 11.5 Å². The van der Waals surface area contributed by atoms with Crippen molar-refractivity contribution in [2.45, 2.75) is 149 Å². The number of aryl methyl sites for hydroxylation is 2. The highest BCUT2D eigenvalue weighted by Gasteiger charge is 2.25. The molecule has 0 aliphatic heterocycles. The van der Waals surface area contributed by atoms with Gasteiger partial charge in [-0.05, 0) is 92.7 Å². The lowest BCUT2D eigenvalue weighted by Crippen LogP contribution is -2.24. The number of unbranched alkanes of at least 4 members (excludes halogenated alkanes) is 2. The van der Waals surface area contributed by atoms with Crippen molar-refractivity contribution in [3.05, 3.63) is 59.7 Å². The van der Waals surface area contributed by atoms with Gasteiger partial charge in [0, 0.05) is 6.92 Å². The predicted molar refractivity (Wildman–Crippen MR) is 188 cm³/mol. The van der Waals surface area contributed by atoms with Gasteiger partial charge in [0.2, 0.25) is 0 Å². The Balaban J connectivity index is -0.000000186. The van der Waals surface area contributed by atoms with Gasteiger partial charge < -0.3 is 9.47 Å². The van der Waals surface area contributed by atoms with E-state index in [0.717, 1.165) is 44.4 Å². The lowest BCUT2D eigenvalue weighted by atomic mass is 9.83. The Bertz CT molecular complexity index is 848. The van der Waals surface area contributed by atoms with E-state index in [1.54, 1.807) is 0 Å². The zero-order valence-corrected chi connectivity index (χ0v) is 25.5. The lowest BCUT2D eigenvalue weighted by molar-refractivity contribution is -0.140. The van der Waals surface area contributed by atoms with Gasteiger partial charge in [-0.25, -0.2) is 0 Å². The SMILES string of the molecule is C.C.C.C.CC.CC.CCCCc1ccc(OC(=O)C2CCC(C)CC2)cc1.CCCCc1ccc(OC(C)=O)cc1. The third kappa shape index (κ3) is 22.0. The summed E-state index contributed by atoms with van der Waals surface area (Å²) in [5, 5.41) is 0. The fourth-order valence-corrected chi connectivity index (χ4v) is 4.07. The van der Waals surface area contributed by atoms with Crippen LogP contribution in [0.25, 0.3) is 0 Å². The molecule has 1 saturated carbocycles. The summed E-state index contributed by atoms with van der Waals surface area (Å²) in [6.45, 7) is 16.0. The highest BCUT2D eigenvalue weighted by Crippen LogP contribution is 2.29. The van der Waals surface area contributed by atoms with Crippen LogP contribution in [0, 0.1) is 11.8 Å². The molecule has 2 aromatic carbocycles. The Hall–Kier alpha value is -2.62. The second kappa shape index (κ2) is 31.3. The van der Waals surface area contributed by atoms with E-state index < -0.39 is 0 Å². The largest absolute Gasteiger partial charge is 0.427 e. The van der Waals surface area contributed by atoms with E-state index in [-0.39, 0.29) is 47.6 Å². The molecule has 0 atom stereocenters. The predicted octanol–water partition coefficient (Wildman–Crippen LogP) is 12.3. The van der Waals surface area contributed by atoms with Gasteiger partial charge in [0.25, 0.3) is 0 Å². The average molecular weight is 591 g/mol. The van der Waals surface area contributed by atoms with E-state index >= 15 is 0 Å². The van der Waals surface area contributed by atoms with Gasteiger partial charge in [-0.2, -0.15) is 0 Å². The number of ether oxygens (including phenoxy) is 2. The second-order valence-electron chi connectivity index (χ2n) is 9.47. The molecule has 3 rings (SSSR count). The normalized spacial score (nSPS) is 14.3. The van der Waals surface area contributed by atoms with E-state index in [2.05, 4.69) is 32.9 Å². The quantitative estimate of drug-likeness (QED) is 0.215. The van der Waals surface area contributed by atoms with Crippen molar-refractivity contribution in [1.82, 2.24) is 0 Å². The smallest absolute Gasteiger partial charge is 0.314 e. The van der Waals surface area contributed by atoms with E-state index in [9.17, 15) is 9.59 Å². The maximum Gasteiger partial charge on any atom is 0.314 e. The van der Waals surface area contributed by atoms with Gasteiger partial charge in [0.05, 0.1) is 5.92 Å². The Labute approximate surface area is 263 Å². The highest BCUT2D eigenvalue weighted by atomic mass is 16.5. The van der Waals surface area contributed by atoms with E-state index in [1.807, 2.05) is 64.1 Å². The standard InChI is InChI=1S/C18H26O2.C12H16O2.2C2H6.4CH4/c1-3-4-5-15-8-12-17(13-9-15)20-18(19)16-10-6-14(2)7-11-16;1-3-4-5-11-6-8-12(9-7-11)14-10(2)13;2*1-2;;;;/h8-9,12-14,16H,3-7,10-11H2,1-2H3;6-9H,3-5H2,1-2H3;2*1-2H3;4*1H4. The topological polar surface area (TPSA) is 52.6 Å². The first-order chi connectivity index (χ1) is 18.4. The molecule has 0 spiro atoms. The number of hydrogen-bond acceptors (Lipinski definition) is 4. The van der Waals surface area contributed by atoms with Gasteiger partial charge in [-0.15, -0.1) is 0 Å². The van der Waals surface area contributed by atoms with Crippen LogP contribution >= 0.6 is 0 Å². The van der Waals surface area contributed by atoms with Gasteiger partial charge in [-0.3, -0.25) is 9.59 Å². The molecule has 42 heavy (non-hydrogen) atoms. The molecule has 1 aliphatic carbocycles. The van der Waals surface area contributed by atoms with Gasteiger partial charge >= 0.3 is 11.9 Å². The second-order valence-corrected chi connectivity index (χ2v) is 9.47. The van der Waals surface area contributed by atoms with Crippen molar-refractivity contribution in [3.8, 4) is 11.5 Å².